The van der Waals surface area contributed by atoms with Gasteiger partial charge in [-0.25, -0.2) is 0 Å². The molecule has 0 aliphatic rings. The van der Waals surface area contributed by atoms with Crippen LogP contribution in [0.15, 0.2) is 103 Å². The molecule has 34 heavy (non-hydrogen) atoms. The van der Waals surface area contributed by atoms with Crippen LogP contribution in [-0.4, -0.2) is 19.6 Å². The van der Waals surface area contributed by atoms with Gasteiger partial charge in [0.15, 0.2) is 0 Å². The average molecular weight is 446 g/mol. The van der Waals surface area contributed by atoms with Gasteiger partial charge in [0.1, 0.15) is 5.75 Å². The fraction of sp³-hybridized carbons (Fsp3) is 0.129. The molecule has 0 saturated heterocycles. The van der Waals surface area contributed by atoms with Crippen molar-refractivity contribution >= 4 is 27.5 Å². The molecular formula is C31H27NO2. The molecule has 0 radical (unpaired) electrons. The Morgan fingerprint density at radius 1 is 0.735 bits per heavy atom. The number of carbonyl (C=O) groups is 1. The van der Waals surface area contributed by atoms with Crippen LogP contribution in [0.25, 0.3) is 32.7 Å². The summed E-state index contributed by atoms with van der Waals surface area (Å²) in [5, 5.41) is 7.46. The van der Waals surface area contributed by atoms with Crippen molar-refractivity contribution in [2.24, 2.45) is 0 Å². The van der Waals surface area contributed by atoms with Crippen LogP contribution in [0.5, 0.6) is 5.75 Å². The second-order valence-electron chi connectivity index (χ2n) is 8.59. The summed E-state index contributed by atoms with van der Waals surface area (Å²) in [6.45, 7) is 2.69. The van der Waals surface area contributed by atoms with Gasteiger partial charge in [0, 0.05) is 23.2 Å². The predicted octanol–water partition coefficient (Wildman–Crippen LogP) is 7.20. The molecule has 5 aromatic rings. The Kier molecular flexibility index (Phi) is 6.01. The minimum atomic E-state index is -0.0847. The molecule has 0 heterocycles. The molecule has 0 saturated carbocycles. The van der Waals surface area contributed by atoms with Gasteiger partial charge in [0.25, 0.3) is 5.91 Å². The lowest BCUT2D eigenvalue weighted by molar-refractivity contribution is 0.0952. The molecule has 0 spiro atoms. The summed E-state index contributed by atoms with van der Waals surface area (Å²) in [5.41, 5.74) is 3.70. The third kappa shape index (κ3) is 4.01. The highest BCUT2D eigenvalue weighted by Gasteiger charge is 2.21. The number of nitrogens with one attached hydrogen (secondary N) is 1. The Hall–Kier alpha value is -4.11. The van der Waals surface area contributed by atoms with Gasteiger partial charge in [0.05, 0.1) is 7.11 Å². The van der Waals surface area contributed by atoms with E-state index in [0.717, 1.165) is 38.4 Å². The van der Waals surface area contributed by atoms with Gasteiger partial charge in [-0.1, -0.05) is 97.9 Å². The standard InChI is InChI=1S/C31H27NO2/c1-21(22-10-4-3-5-11-22)20-32-31(33)27-18-16-23-12-6-8-14-25(23)29(27)30-26-15-9-7-13-24(26)17-19-28(30)34-2/h3-19,21H,20H2,1-2H3,(H,32,33)/t21-/m1/s1. The molecule has 3 nitrogen and oxygen atoms in total. The molecule has 0 aliphatic heterocycles. The Morgan fingerprint density at radius 3 is 2.00 bits per heavy atom. The SMILES string of the molecule is COc1ccc2ccccc2c1-c1c(C(=O)NC[C@@H](C)c2ccccc2)ccc2ccccc12. The van der Waals surface area contributed by atoms with Gasteiger partial charge in [-0.3, -0.25) is 4.79 Å². The van der Waals surface area contributed by atoms with Crippen LogP contribution in [-0.2, 0) is 0 Å². The van der Waals surface area contributed by atoms with Crippen LogP contribution in [0.3, 0.4) is 0 Å². The summed E-state index contributed by atoms with van der Waals surface area (Å²) in [7, 11) is 1.68. The first-order valence-electron chi connectivity index (χ1n) is 11.6. The van der Waals surface area contributed by atoms with Crippen LogP contribution in [0.1, 0.15) is 28.8 Å². The van der Waals surface area contributed by atoms with E-state index < -0.39 is 0 Å². The van der Waals surface area contributed by atoms with Gasteiger partial charge in [-0.2, -0.15) is 0 Å². The number of hydrogen-bond donors (Lipinski definition) is 1. The predicted molar refractivity (Wildman–Crippen MR) is 141 cm³/mol. The largest absolute Gasteiger partial charge is 0.496 e. The van der Waals surface area contributed by atoms with Crippen LogP contribution in [0.2, 0.25) is 0 Å². The highest BCUT2D eigenvalue weighted by Crippen LogP contribution is 2.42. The zero-order valence-electron chi connectivity index (χ0n) is 19.4. The molecule has 0 unspecified atom stereocenters. The number of fused-ring (bicyclic) bond motifs is 2. The molecule has 5 rings (SSSR count). The summed E-state index contributed by atoms with van der Waals surface area (Å²) in [6.07, 6.45) is 0. The number of ether oxygens (including phenoxy) is 1. The Morgan fingerprint density at radius 2 is 1.32 bits per heavy atom. The molecule has 5 aromatic carbocycles. The number of amides is 1. The molecule has 1 amide bonds. The number of rotatable bonds is 6. The van der Waals surface area contributed by atoms with Crippen molar-refractivity contribution in [3.63, 3.8) is 0 Å². The average Bonchev–Trinajstić information content (AvgIpc) is 2.90. The van der Waals surface area contributed by atoms with E-state index in [0.29, 0.717) is 12.1 Å². The third-order valence-corrected chi connectivity index (χ3v) is 6.47. The Balaban J connectivity index is 1.64. The second-order valence-corrected chi connectivity index (χ2v) is 8.59. The summed E-state index contributed by atoms with van der Waals surface area (Å²) in [4.78, 5) is 13.6. The van der Waals surface area contributed by atoms with Crippen LogP contribution < -0.4 is 10.1 Å². The van der Waals surface area contributed by atoms with Crippen molar-refractivity contribution in [2.45, 2.75) is 12.8 Å². The number of methoxy groups -OCH3 is 1. The van der Waals surface area contributed by atoms with Crippen molar-refractivity contribution in [1.82, 2.24) is 5.32 Å². The summed E-state index contributed by atoms with van der Waals surface area (Å²) < 4.78 is 5.82. The van der Waals surface area contributed by atoms with E-state index in [1.54, 1.807) is 7.11 Å². The minimum absolute atomic E-state index is 0.0847. The molecule has 0 fully saturated rings. The summed E-state index contributed by atoms with van der Waals surface area (Å²) in [5.74, 6) is 0.876. The molecular weight excluding hydrogens is 418 g/mol. The fourth-order valence-electron chi connectivity index (χ4n) is 4.65. The van der Waals surface area contributed by atoms with Gasteiger partial charge in [-0.15, -0.1) is 0 Å². The molecule has 0 bridgehead atoms. The first kappa shape index (κ1) is 21.7. The maximum Gasteiger partial charge on any atom is 0.251 e. The zero-order valence-corrected chi connectivity index (χ0v) is 19.4. The first-order chi connectivity index (χ1) is 16.7. The van der Waals surface area contributed by atoms with Crippen LogP contribution in [0.4, 0.5) is 0 Å². The number of benzene rings is 5. The van der Waals surface area contributed by atoms with E-state index in [4.69, 9.17) is 4.74 Å². The lowest BCUT2D eigenvalue weighted by Gasteiger charge is -2.19. The van der Waals surface area contributed by atoms with E-state index in [1.165, 1.54) is 5.56 Å². The smallest absolute Gasteiger partial charge is 0.251 e. The lowest BCUT2D eigenvalue weighted by Crippen LogP contribution is -2.28. The number of carbonyl (C=O) groups excluding carboxylic acids is 1. The lowest BCUT2D eigenvalue weighted by atomic mass is 9.89. The van der Waals surface area contributed by atoms with Crippen molar-refractivity contribution in [2.75, 3.05) is 13.7 Å². The van der Waals surface area contributed by atoms with E-state index in [9.17, 15) is 4.79 Å². The molecule has 0 aliphatic carbocycles. The highest BCUT2D eigenvalue weighted by atomic mass is 16.5. The summed E-state index contributed by atoms with van der Waals surface area (Å²) >= 11 is 0. The molecule has 0 aromatic heterocycles. The second kappa shape index (κ2) is 9.40. The maximum atomic E-state index is 13.6. The van der Waals surface area contributed by atoms with E-state index in [2.05, 4.69) is 54.7 Å². The van der Waals surface area contributed by atoms with Crippen molar-refractivity contribution in [3.05, 3.63) is 114 Å². The van der Waals surface area contributed by atoms with Crippen LogP contribution in [0, 0.1) is 0 Å². The highest BCUT2D eigenvalue weighted by molar-refractivity contribution is 6.15. The quantitative estimate of drug-likeness (QED) is 0.300. The number of hydrogen-bond acceptors (Lipinski definition) is 2. The summed E-state index contributed by atoms with van der Waals surface area (Å²) in [6, 6.07) is 34.7. The first-order valence-corrected chi connectivity index (χ1v) is 11.6. The van der Waals surface area contributed by atoms with Gasteiger partial charge >= 0.3 is 0 Å². The maximum absolute atomic E-state index is 13.6. The molecule has 1 N–H and O–H groups in total. The normalized spacial score (nSPS) is 11.9. The Labute approximate surface area is 200 Å². The fourth-order valence-corrected chi connectivity index (χ4v) is 4.65. The van der Waals surface area contributed by atoms with Crippen molar-refractivity contribution in [3.8, 4) is 16.9 Å². The minimum Gasteiger partial charge on any atom is -0.496 e. The van der Waals surface area contributed by atoms with Gasteiger partial charge in [0.2, 0.25) is 0 Å². The topological polar surface area (TPSA) is 38.3 Å². The van der Waals surface area contributed by atoms with E-state index >= 15 is 0 Å². The van der Waals surface area contributed by atoms with Crippen molar-refractivity contribution < 1.29 is 9.53 Å². The van der Waals surface area contributed by atoms with E-state index in [1.807, 2.05) is 60.7 Å². The van der Waals surface area contributed by atoms with Gasteiger partial charge in [-0.05, 0) is 45.2 Å². The van der Waals surface area contributed by atoms with Crippen LogP contribution >= 0.6 is 0 Å². The molecule has 168 valence electrons. The third-order valence-electron chi connectivity index (χ3n) is 6.47. The monoisotopic (exact) mass is 445 g/mol. The molecule has 3 heteroatoms. The zero-order chi connectivity index (χ0) is 23.5. The van der Waals surface area contributed by atoms with E-state index in [-0.39, 0.29) is 11.8 Å². The Bertz CT molecular complexity index is 1470. The van der Waals surface area contributed by atoms with Crippen molar-refractivity contribution in [1.29, 1.82) is 0 Å². The molecule has 1 atom stereocenters. The van der Waals surface area contributed by atoms with Gasteiger partial charge < -0.3 is 10.1 Å².